The van der Waals surface area contributed by atoms with Crippen LogP contribution in [0, 0.1) is 0 Å². The maximum absolute atomic E-state index is 12.7. The van der Waals surface area contributed by atoms with E-state index >= 15 is 0 Å². The molecule has 0 saturated heterocycles. The lowest BCUT2D eigenvalue weighted by atomic mass is 10.0. The van der Waals surface area contributed by atoms with E-state index in [1.54, 1.807) is 0 Å². The Bertz CT molecular complexity index is 500. The molecule has 0 heterocycles. The van der Waals surface area contributed by atoms with Crippen molar-refractivity contribution in [3.05, 3.63) is 71.8 Å². The van der Waals surface area contributed by atoms with E-state index in [-0.39, 0.29) is 5.25 Å². The van der Waals surface area contributed by atoms with Crippen LogP contribution in [0.5, 0.6) is 0 Å². The van der Waals surface area contributed by atoms with E-state index in [1.165, 1.54) is 0 Å². The lowest BCUT2D eigenvalue weighted by Crippen LogP contribution is -2.22. The molecule has 106 valence electrons. The summed E-state index contributed by atoms with van der Waals surface area (Å²) < 4.78 is 12.7. The lowest BCUT2D eigenvalue weighted by Gasteiger charge is -2.19. The Morgan fingerprint density at radius 3 is 1.75 bits per heavy atom. The van der Waals surface area contributed by atoms with Gasteiger partial charge in [-0.05, 0) is 25.2 Å². The van der Waals surface area contributed by atoms with Gasteiger partial charge >= 0.3 is 0 Å². The Morgan fingerprint density at radius 1 is 0.900 bits per heavy atom. The SMILES string of the molecule is CN(C)CCS(=O)C(c1ccccc1)c1ccccc1. The Hall–Kier alpha value is -1.45. The highest BCUT2D eigenvalue weighted by Gasteiger charge is 2.20. The van der Waals surface area contributed by atoms with E-state index in [0.717, 1.165) is 17.7 Å². The van der Waals surface area contributed by atoms with Gasteiger partial charge in [-0.3, -0.25) is 4.21 Å². The van der Waals surface area contributed by atoms with Crippen LogP contribution in [-0.4, -0.2) is 35.5 Å². The molecule has 20 heavy (non-hydrogen) atoms. The molecular formula is C17H21NOS. The van der Waals surface area contributed by atoms with Gasteiger partial charge < -0.3 is 4.90 Å². The van der Waals surface area contributed by atoms with Crippen LogP contribution >= 0.6 is 0 Å². The lowest BCUT2D eigenvalue weighted by molar-refractivity contribution is 0.435. The van der Waals surface area contributed by atoms with Crippen molar-refractivity contribution in [3.8, 4) is 0 Å². The van der Waals surface area contributed by atoms with Crippen LogP contribution in [0.4, 0.5) is 0 Å². The molecule has 0 aliphatic heterocycles. The zero-order chi connectivity index (χ0) is 14.4. The third-order valence-corrected chi connectivity index (χ3v) is 4.86. The molecule has 0 aliphatic rings. The van der Waals surface area contributed by atoms with Crippen LogP contribution in [0.1, 0.15) is 16.4 Å². The minimum atomic E-state index is -0.922. The maximum atomic E-state index is 12.7. The minimum absolute atomic E-state index is 0.0441. The summed E-state index contributed by atoms with van der Waals surface area (Å²) in [5.41, 5.74) is 2.24. The van der Waals surface area contributed by atoms with Gasteiger partial charge in [0.05, 0.1) is 5.25 Å². The van der Waals surface area contributed by atoms with E-state index in [9.17, 15) is 4.21 Å². The van der Waals surface area contributed by atoms with Gasteiger partial charge in [0.2, 0.25) is 0 Å². The highest BCUT2D eigenvalue weighted by atomic mass is 32.2. The van der Waals surface area contributed by atoms with E-state index in [1.807, 2.05) is 50.5 Å². The predicted octanol–water partition coefficient (Wildman–Crippen LogP) is 3.09. The third kappa shape index (κ3) is 4.02. The van der Waals surface area contributed by atoms with E-state index in [2.05, 4.69) is 29.2 Å². The Morgan fingerprint density at radius 2 is 1.35 bits per heavy atom. The third-order valence-electron chi connectivity index (χ3n) is 3.21. The summed E-state index contributed by atoms with van der Waals surface area (Å²) in [5.74, 6) is 0.682. The van der Waals surface area contributed by atoms with Gasteiger partial charge in [0.1, 0.15) is 0 Å². The topological polar surface area (TPSA) is 20.3 Å². The summed E-state index contributed by atoms with van der Waals surface area (Å²) in [6.45, 7) is 0.836. The summed E-state index contributed by atoms with van der Waals surface area (Å²) in [6.07, 6.45) is 0. The summed E-state index contributed by atoms with van der Waals surface area (Å²) in [6, 6.07) is 20.3. The van der Waals surface area contributed by atoms with Crippen molar-refractivity contribution >= 4 is 10.8 Å². The molecule has 2 aromatic carbocycles. The zero-order valence-corrected chi connectivity index (χ0v) is 12.8. The van der Waals surface area contributed by atoms with E-state index < -0.39 is 10.8 Å². The molecule has 0 saturated carbocycles. The van der Waals surface area contributed by atoms with Crippen molar-refractivity contribution in [1.29, 1.82) is 0 Å². The number of hydrogen-bond donors (Lipinski definition) is 0. The molecule has 0 amide bonds. The standard InChI is InChI=1S/C17H21NOS/c1-18(2)13-14-20(19)17(15-9-5-3-6-10-15)16-11-7-4-8-12-16/h3-12,17H,13-14H2,1-2H3. The van der Waals surface area contributed by atoms with Gasteiger partial charge in [-0.15, -0.1) is 0 Å². The predicted molar refractivity (Wildman–Crippen MR) is 86.3 cm³/mol. The quantitative estimate of drug-likeness (QED) is 0.814. The fraction of sp³-hybridized carbons (Fsp3) is 0.294. The molecule has 0 spiro atoms. The molecular weight excluding hydrogens is 266 g/mol. The fourth-order valence-corrected chi connectivity index (χ4v) is 3.84. The summed E-state index contributed by atoms with van der Waals surface area (Å²) in [7, 11) is 3.10. The van der Waals surface area contributed by atoms with Crippen molar-refractivity contribution in [2.75, 3.05) is 26.4 Å². The van der Waals surface area contributed by atoms with E-state index in [0.29, 0.717) is 5.75 Å². The van der Waals surface area contributed by atoms with Crippen molar-refractivity contribution < 1.29 is 4.21 Å². The molecule has 1 atom stereocenters. The Kier molecular flexibility index (Phi) is 5.50. The van der Waals surface area contributed by atoms with Crippen molar-refractivity contribution in [3.63, 3.8) is 0 Å². The number of rotatable bonds is 6. The minimum Gasteiger partial charge on any atom is -0.308 e. The number of nitrogens with zero attached hydrogens (tertiary/aromatic N) is 1. The molecule has 0 aromatic heterocycles. The van der Waals surface area contributed by atoms with Gasteiger partial charge in [-0.1, -0.05) is 60.7 Å². The van der Waals surface area contributed by atoms with Gasteiger partial charge in [0, 0.05) is 23.1 Å². The largest absolute Gasteiger partial charge is 0.308 e. The second-order valence-corrected chi connectivity index (χ2v) is 6.73. The first-order chi connectivity index (χ1) is 9.68. The summed E-state index contributed by atoms with van der Waals surface area (Å²) >= 11 is 0. The normalized spacial score (nSPS) is 12.8. The molecule has 2 rings (SSSR count). The Balaban J connectivity index is 2.28. The average molecular weight is 287 g/mol. The molecule has 0 N–H and O–H groups in total. The van der Waals surface area contributed by atoms with Crippen LogP contribution in [0.3, 0.4) is 0 Å². The molecule has 1 unspecified atom stereocenters. The second kappa shape index (κ2) is 7.36. The van der Waals surface area contributed by atoms with Crippen LogP contribution in [0.25, 0.3) is 0 Å². The van der Waals surface area contributed by atoms with Gasteiger partial charge in [0.15, 0.2) is 0 Å². The monoisotopic (exact) mass is 287 g/mol. The molecule has 0 fully saturated rings. The first-order valence-electron chi connectivity index (χ1n) is 6.80. The molecule has 0 bridgehead atoms. The van der Waals surface area contributed by atoms with Gasteiger partial charge in [0.25, 0.3) is 0 Å². The van der Waals surface area contributed by atoms with Crippen LogP contribution < -0.4 is 0 Å². The number of hydrogen-bond acceptors (Lipinski definition) is 2. The van der Waals surface area contributed by atoms with E-state index in [4.69, 9.17) is 0 Å². The molecule has 2 aromatic rings. The molecule has 0 aliphatic carbocycles. The highest BCUT2D eigenvalue weighted by molar-refractivity contribution is 7.85. The smallest absolute Gasteiger partial charge is 0.0847 e. The van der Waals surface area contributed by atoms with Gasteiger partial charge in [-0.25, -0.2) is 0 Å². The van der Waals surface area contributed by atoms with Crippen molar-refractivity contribution in [2.45, 2.75) is 5.25 Å². The first kappa shape index (κ1) is 14.9. The maximum Gasteiger partial charge on any atom is 0.0847 e. The van der Waals surface area contributed by atoms with Gasteiger partial charge in [-0.2, -0.15) is 0 Å². The van der Waals surface area contributed by atoms with Crippen LogP contribution in [0.2, 0.25) is 0 Å². The average Bonchev–Trinajstić information content (AvgIpc) is 2.48. The first-order valence-corrected chi connectivity index (χ1v) is 8.18. The van der Waals surface area contributed by atoms with Crippen LogP contribution in [0.15, 0.2) is 60.7 Å². The Labute approximate surface area is 123 Å². The number of benzene rings is 2. The zero-order valence-electron chi connectivity index (χ0n) is 12.0. The molecule has 2 nitrogen and oxygen atoms in total. The summed E-state index contributed by atoms with van der Waals surface area (Å²) in [5, 5.41) is -0.0441. The highest BCUT2D eigenvalue weighted by Crippen LogP contribution is 2.28. The van der Waals surface area contributed by atoms with Crippen molar-refractivity contribution in [1.82, 2.24) is 4.90 Å². The molecule has 3 heteroatoms. The second-order valence-electron chi connectivity index (χ2n) is 5.09. The molecule has 0 radical (unpaired) electrons. The summed E-state index contributed by atoms with van der Waals surface area (Å²) in [4.78, 5) is 2.07. The van der Waals surface area contributed by atoms with Crippen molar-refractivity contribution in [2.24, 2.45) is 0 Å². The fourth-order valence-electron chi connectivity index (χ4n) is 2.14. The van der Waals surface area contributed by atoms with Crippen LogP contribution in [-0.2, 0) is 10.8 Å².